The van der Waals surface area contributed by atoms with Crippen LogP contribution in [0.3, 0.4) is 0 Å². The number of likely N-dealkylation sites (tertiary alicyclic amines) is 1. The molecule has 1 aliphatic heterocycles. The van der Waals surface area contributed by atoms with Gasteiger partial charge in [0.15, 0.2) is 0 Å². The molecule has 1 aromatic rings. The van der Waals surface area contributed by atoms with E-state index in [9.17, 15) is 0 Å². The Morgan fingerprint density at radius 3 is 2.95 bits per heavy atom. The van der Waals surface area contributed by atoms with Gasteiger partial charge in [0.1, 0.15) is 0 Å². The summed E-state index contributed by atoms with van der Waals surface area (Å²) < 4.78 is 0. The zero-order valence-corrected chi connectivity index (χ0v) is 12.8. The number of rotatable bonds is 5. The van der Waals surface area contributed by atoms with Crippen molar-refractivity contribution < 1.29 is 0 Å². The number of aromatic nitrogens is 2. The normalized spacial score (nSPS) is 21.2. The highest BCUT2D eigenvalue weighted by Gasteiger charge is 2.23. The molecule has 1 fully saturated rings. The standard InChI is InChI=1S/C15H28N4/c1-5-19-8-6-7-13(19)11-16-9-12-10-17-18-14(12)15(2,3)4/h10,13,16H,5-9,11H2,1-4H3,(H,17,18)/t13-/m1/s1. The maximum atomic E-state index is 4.19. The van der Waals surface area contributed by atoms with Crippen molar-refractivity contribution in [2.24, 2.45) is 0 Å². The molecular weight excluding hydrogens is 236 g/mol. The monoisotopic (exact) mass is 264 g/mol. The predicted octanol–water partition coefficient (Wildman–Crippen LogP) is 2.28. The lowest BCUT2D eigenvalue weighted by atomic mass is 9.89. The second-order valence-corrected chi connectivity index (χ2v) is 6.58. The molecule has 0 bridgehead atoms. The van der Waals surface area contributed by atoms with Crippen molar-refractivity contribution in [2.45, 2.75) is 58.5 Å². The van der Waals surface area contributed by atoms with Gasteiger partial charge in [0.25, 0.3) is 0 Å². The first-order valence-electron chi connectivity index (χ1n) is 7.50. The van der Waals surface area contributed by atoms with Crippen molar-refractivity contribution in [3.63, 3.8) is 0 Å². The number of nitrogens with one attached hydrogen (secondary N) is 2. The van der Waals surface area contributed by atoms with Crippen LogP contribution in [0.2, 0.25) is 0 Å². The minimum atomic E-state index is 0.135. The Hall–Kier alpha value is -0.870. The Balaban J connectivity index is 1.85. The highest BCUT2D eigenvalue weighted by molar-refractivity contribution is 5.23. The van der Waals surface area contributed by atoms with E-state index in [-0.39, 0.29) is 5.41 Å². The van der Waals surface area contributed by atoms with Crippen LogP contribution in [-0.2, 0) is 12.0 Å². The van der Waals surface area contributed by atoms with Crippen LogP contribution >= 0.6 is 0 Å². The molecule has 2 N–H and O–H groups in total. The zero-order valence-electron chi connectivity index (χ0n) is 12.8. The number of H-pyrrole nitrogens is 1. The van der Waals surface area contributed by atoms with Crippen molar-refractivity contribution in [3.8, 4) is 0 Å². The molecule has 1 aliphatic rings. The first-order chi connectivity index (χ1) is 9.02. The van der Waals surface area contributed by atoms with Gasteiger partial charge in [-0.25, -0.2) is 0 Å². The molecule has 0 amide bonds. The van der Waals surface area contributed by atoms with Gasteiger partial charge < -0.3 is 5.32 Å². The van der Waals surface area contributed by atoms with Crippen molar-refractivity contribution in [3.05, 3.63) is 17.5 Å². The average Bonchev–Trinajstić information content (AvgIpc) is 2.96. The van der Waals surface area contributed by atoms with Crippen LogP contribution < -0.4 is 5.32 Å². The molecule has 19 heavy (non-hydrogen) atoms. The molecule has 0 radical (unpaired) electrons. The fraction of sp³-hybridized carbons (Fsp3) is 0.800. The molecule has 2 heterocycles. The van der Waals surface area contributed by atoms with Crippen LogP contribution in [0.25, 0.3) is 0 Å². The molecule has 4 heteroatoms. The summed E-state index contributed by atoms with van der Waals surface area (Å²) in [6.45, 7) is 13.4. The number of nitrogens with zero attached hydrogens (tertiary/aromatic N) is 2. The van der Waals surface area contributed by atoms with E-state index < -0.39 is 0 Å². The Morgan fingerprint density at radius 1 is 1.47 bits per heavy atom. The lowest BCUT2D eigenvalue weighted by Crippen LogP contribution is -2.37. The smallest absolute Gasteiger partial charge is 0.0535 e. The van der Waals surface area contributed by atoms with Gasteiger partial charge in [-0.2, -0.15) is 5.10 Å². The summed E-state index contributed by atoms with van der Waals surface area (Å²) in [6.07, 6.45) is 4.64. The molecule has 2 rings (SSSR count). The van der Waals surface area contributed by atoms with Crippen molar-refractivity contribution >= 4 is 0 Å². The highest BCUT2D eigenvalue weighted by Crippen LogP contribution is 2.23. The van der Waals surface area contributed by atoms with Gasteiger partial charge >= 0.3 is 0 Å². The maximum Gasteiger partial charge on any atom is 0.0535 e. The topological polar surface area (TPSA) is 44.0 Å². The Labute approximate surface area is 117 Å². The van der Waals surface area contributed by atoms with E-state index >= 15 is 0 Å². The van der Waals surface area contributed by atoms with Gasteiger partial charge in [-0.15, -0.1) is 0 Å². The van der Waals surface area contributed by atoms with Gasteiger partial charge in [0, 0.05) is 35.8 Å². The molecule has 0 saturated carbocycles. The third-order valence-electron chi connectivity index (χ3n) is 4.07. The van der Waals surface area contributed by atoms with Gasteiger partial charge in [-0.1, -0.05) is 27.7 Å². The van der Waals surface area contributed by atoms with E-state index in [4.69, 9.17) is 0 Å². The molecule has 0 unspecified atom stereocenters. The molecule has 0 aromatic carbocycles. The Kier molecular flexibility index (Phi) is 4.63. The first kappa shape index (κ1) is 14.5. The molecule has 1 aromatic heterocycles. The fourth-order valence-electron chi connectivity index (χ4n) is 3.01. The Bertz CT molecular complexity index is 391. The first-order valence-corrected chi connectivity index (χ1v) is 7.50. The SMILES string of the molecule is CCN1CCC[C@@H]1CNCc1cn[nH]c1C(C)(C)C. The summed E-state index contributed by atoms with van der Waals surface area (Å²) in [5.74, 6) is 0. The number of hydrogen-bond donors (Lipinski definition) is 2. The van der Waals surface area contributed by atoms with E-state index in [1.165, 1.54) is 37.2 Å². The number of likely N-dealkylation sites (N-methyl/N-ethyl adjacent to an activating group) is 1. The van der Waals surface area contributed by atoms with Crippen LogP contribution in [-0.4, -0.2) is 40.8 Å². The summed E-state index contributed by atoms with van der Waals surface area (Å²) in [5.41, 5.74) is 2.68. The summed E-state index contributed by atoms with van der Waals surface area (Å²) >= 11 is 0. The number of hydrogen-bond acceptors (Lipinski definition) is 3. The summed E-state index contributed by atoms with van der Waals surface area (Å²) in [6, 6.07) is 0.718. The summed E-state index contributed by atoms with van der Waals surface area (Å²) in [5, 5.41) is 10.9. The van der Waals surface area contributed by atoms with Gasteiger partial charge in [-0.3, -0.25) is 10.00 Å². The molecular formula is C15H28N4. The van der Waals surface area contributed by atoms with E-state index in [2.05, 4.69) is 48.1 Å². The fourth-order valence-corrected chi connectivity index (χ4v) is 3.01. The average molecular weight is 264 g/mol. The quantitative estimate of drug-likeness (QED) is 0.857. The lowest BCUT2D eigenvalue weighted by Gasteiger charge is -2.23. The van der Waals surface area contributed by atoms with E-state index in [1.807, 2.05) is 6.20 Å². The summed E-state index contributed by atoms with van der Waals surface area (Å²) in [4.78, 5) is 2.58. The minimum absolute atomic E-state index is 0.135. The van der Waals surface area contributed by atoms with Crippen molar-refractivity contribution in [2.75, 3.05) is 19.6 Å². The van der Waals surface area contributed by atoms with Crippen LogP contribution in [0.4, 0.5) is 0 Å². The predicted molar refractivity (Wildman–Crippen MR) is 79.3 cm³/mol. The van der Waals surface area contributed by atoms with Crippen molar-refractivity contribution in [1.82, 2.24) is 20.4 Å². The third-order valence-corrected chi connectivity index (χ3v) is 4.07. The second kappa shape index (κ2) is 6.06. The van der Waals surface area contributed by atoms with Gasteiger partial charge in [-0.05, 0) is 25.9 Å². The maximum absolute atomic E-state index is 4.19. The largest absolute Gasteiger partial charge is 0.311 e. The summed E-state index contributed by atoms with van der Waals surface area (Å²) in [7, 11) is 0. The second-order valence-electron chi connectivity index (χ2n) is 6.58. The third kappa shape index (κ3) is 3.57. The van der Waals surface area contributed by atoms with E-state index in [1.54, 1.807) is 0 Å². The van der Waals surface area contributed by atoms with Gasteiger partial charge in [0.2, 0.25) is 0 Å². The molecule has 1 saturated heterocycles. The van der Waals surface area contributed by atoms with E-state index in [0.717, 1.165) is 19.1 Å². The van der Waals surface area contributed by atoms with Crippen LogP contribution in [0.1, 0.15) is 51.8 Å². The van der Waals surface area contributed by atoms with Crippen molar-refractivity contribution in [1.29, 1.82) is 0 Å². The molecule has 1 atom stereocenters. The minimum Gasteiger partial charge on any atom is -0.311 e. The zero-order chi connectivity index (χ0) is 13.9. The van der Waals surface area contributed by atoms with E-state index in [0.29, 0.717) is 0 Å². The highest BCUT2D eigenvalue weighted by atomic mass is 15.2. The lowest BCUT2D eigenvalue weighted by molar-refractivity contribution is 0.260. The Morgan fingerprint density at radius 2 is 2.26 bits per heavy atom. The molecule has 0 aliphatic carbocycles. The molecule has 4 nitrogen and oxygen atoms in total. The van der Waals surface area contributed by atoms with Crippen LogP contribution in [0.5, 0.6) is 0 Å². The molecule has 0 spiro atoms. The molecule has 108 valence electrons. The van der Waals surface area contributed by atoms with Crippen LogP contribution in [0, 0.1) is 0 Å². The van der Waals surface area contributed by atoms with Crippen LogP contribution in [0.15, 0.2) is 6.20 Å². The number of aromatic amines is 1. The van der Waals surface area contributed by atoms with Gasteiger partial charge in [0.05, 0.1) is 6.20 Å².